The molecule has 0 amide bonds. The van der Waals surface area contributed by atoms with Crippen LogP contribution in [0.4, 0.5) is 4.39 Å². The van der Waals surface area contributed by atoms with E-state index in [0.717, 1.165) is 25.3 Å². The number of fused-ring (bicyclic) bond motifs is 1. The van der Waals surface area contributed by atoms with Gasteiger partial charge in [0.2, 0.25) is 0 Å². The van der Waals surface area contributed by atoms with Gasteiger partial charge in [-0.3, -0.25) is 9.78 Å². The van der Waals surface area contributed by atoms with Crippen LogP contribution in [0.25, 0.3) is 10.9 Å². The number of halogens is 2. The van der Waals surface area contributed by atoms with Crippen molar-refractivity contribution in [2.45, 2.75) is 30.3 Å². The Bertz CT molecular complexity index is 1110. The molecule has 0 unspecified atom stereocenters. The highest BCUT2D eigenvalue weighted by Crippen LogP contribution is 2.38. The molecule has 0 spiro atoms. The van der Waals surface area contributed by atoms with Gasteiger partial charge >= 0.3 is 5.97 Å². The van der Waals surface area contributed by atoms with E-state index in [2.05, 4.69) is 26.7 Å². The number of thioether (sulfide) groups is 1. The van der Waals surface area contributed by atoms with Crippen molar-refractivity contribution in [3.8, 4) is 5.75 Å². The second kappa shape index (κ2) is 11.7. The molecule has 1 N–H and O–H groups in total. The van der Waals surface area contributed by atoms with Gasteiger partial charge in [-0.25, -0.2) is 4.39 Å². The van der Waals surface area contributed by atoms with Crippen LogP contribution >= 0.6 is 34.7 Å². The maximum absolute atomic E-state index is 15.5. The molecule has 1 aliphatic rings. The van der Waals surface area contributed by atoms with Crippen LogP contribution in [0.2, 0.25) is 5.02 Å². The van der Waals surface area contributed by atoms with E-state index in [1.54, 1.807) is 48.4 Å². The predicted molar refractivity (Wildman–Crippen MR) is 137 cm³/mol. The number of hydrogen-bond acceptors (Lipinski definition) is 6. The maximum atomic E-state index is 15.5. The normalized spacial score (nSPS) is 19.9. The molecule has 34 heavy (non-hydrogen) atoms. The molecule has 1 aliphatic heterocycles. The van der Waals surface area contributed by atoms with Crippen LogP contribution in [0.1, 0.15) is 31.0 Å². The standard InChI is InChI=1S/C25H28ClFN2O3S2/c1-32-17-3-5-23-19(12-17)24(21(26)13-28-23)22(27)4-2-16-6-8-29(14-20(16)25(30)31)9-11-34-18-7-10-33-15-18/h3,5,7,10,12-13,15-16,20,22H,2,4,6,8-9,11,14H2,1H3,(H,30,31)/t16-,20+,22-/m0/s1. The van der Waals surface area contributed by atoms with Crippen molar-refractivity contribution in [1.82, 2.24) is 9.88 Å². The molecule has 0 aliphatic carbocycles. The number of hydrogen-bond donors (Lipinski definition) is 1. The fourth-order valence-corrected chi connectivity index (χ4v) is 6.70. The number of aromatic nitrogens is 1. The van der Waals surface area contributed by atoms with Crippen molar-refractivity contribution in [3.05, 3.63) is 51.8 Å². The first-order chi connectivity index (χ1) is 16.5. The summed E-state index contributed by atoms with van der Waals surface area (Å²) in [6.07, 6.45) is 1.65. The van der Waals surface area contributed by atoms with Gasteiger partial charge in [-0.1, -0.05) is 11.6 Å². The zero-order valence-corrected chi connectivity index (χ0v) is 21.3. The van der Waals surface area contributed by atoms with Crippen molar-refractivity contribution in [2.75, 3.05) is 32.5 Å². The van der Waals surface area contributed by atoms with E-state index in [0.29, 0.717) is 35.2 Å². The molecule has 3 aromatic rings. The number of thiophene rings is 1. The van der Waals surface area contributed by atoms with Crippen molar-refractivity contribution in [3.63, 3.8) is 0 Å². The molecule has 5 nitrogen and oxygen atoms in total. The number of ether oxygens (including phenoxy) is 1. The Morgan fingerprint density at radius 3 is 3.03 bits per heavy atom. The molecule has 1 aromatic carbocycles. The van der Waals surface area contributed by atoms with Gasteiger partial charge in [0.1, 0.15) is 11.9 Å². The lowest BCUT2D eigenvalue weighted by Gasteiger charge is -2.36. The molecular formula is C25H28ClFN2O3S2. The van der Waals surface area contributed by atoms with E-state index in [4.69, 9.17) is 16.3 Å². The molecule has 4 rings (SSSR count). The third kappa shape index (κ3) is 6.03. The predicted octanol–water partition coefficient (Wildman–Crippen LogP) is 6.56. The fourth-order valence-electron chi connectivity index (χ4n) is 4.64. The van der Waals surface area contributed by atoms with Gasteiger partial charge < -0.3 is 14.7 Å². The lowest BCUT2D eigenvalue weighted by Crippen LogP contribution is -2.44. The zero-order chi connectivity index (χ0) is 24.1. The summed E-state index contributed by atoms with van der Waals surface area (Å²) in [5, 5.41) is 15.0. The van der Waals surface area contributed by atoms with E-state index >= 15 is 4.39 Å². The van der Waals surface area contributed by atoms with Gasteiger partial charge in [-0.2, -0.15) is 11.3 Å². The highest BCUT2D eigenvalue weighted by atomic mass is 35.5. The van der Waals surface area contributed by atoms with Crippen LogP contribution in [-0.4, -0.2) is 53.5 Å². The first-order valence-electron chi connectivity index (χ1n) is 11.3. The van der Waals surface area contributed by atoms with Crippen molar-refractivity contribution in [2.24, 2.45) is 11.8 Å². The zero-order valence-electron chi connectivity index (χ0n) is 19.0. The number of carboxylic acid groups (broad SMARTS) is 1. The van der Waals surface area contributed by atoms with Crippen LogP contribution in [0.5, 0.6) is 5.75 Å². The molecule has 1 fully saturated rings. The van der Waals surface area contributed by atoms with Crippen molar-refractivity contribution < 1.29 is 19.0 Å². The van der Waals surface area contributed by atoms with Crippen molar-refractivity contribution in [1.29, 1.82) is 0 Å². The minimum atomic E-state index is -1.31. The first-order valence-corrected chi connectivity index (χ1v) is 13.6. The highest BCUT2D eigenvalue weighted by molar-refractivity contribution is 7.99. The minimum absolute atomic E-state index is 0.0575. The van der Waals surface area contributed by atoms with Crippen LogP contribution in [0, 0.1) is 11.8 Å². The number of piperidine rings is 1. The lowest BCUT2D eigenvalue weighted by molar-refractivity contribution is -0.146. The monoisotopic (exact) mass is 522 g/mol. The maximum Gasteiger partial charge on any atom is 0.308 e. The Morgan fingerprint density at radius 2 is 2.29 bits per heavy atom. The third-order valence-electron chi connectivity index (χ3n) is 6.50. The average molecular weight is 523 g/mol. The molecule has 0 radical (unpaired) electrons. The summed E-state index contributed by atoms with van der Waals surface area (Å²) in [6, 6.07) is 7.42. The number of aliphatic carboxylic acids is 1. The summed E-state index contributed by atoms with van der Waals surface area (Å²) in [4.78, 5) is 19.8. The van der Waals surface area contributed by atoms with Gasteiger partial charge in [0.25, 0.3) is 0 Å². The number of likely N-dealkylation sites (tertiary alicyclic amines) is 1. The number of carboxylic acids is 1. The van der Waals surface area contributed by atoms with Crippen LogP contribution in [0.15, 0.2) is 46.1 Å². The van der Waals surface area contributed by atoms with Gasteiger partial charge in [0, 0.05) is 46.3 Å². The summed E-state index contributed by atoms with van der Waals surface area (Å²) in [6.45, 7) is 2.20. The van der Waals surface area contributed by atoms with E-state index in [9.17, 15) is 9.90 Å². The summed E-state index contributed by atoms with van der Waals surface area (Å²) in [7, 11) is 1.56. The quantitative estimate of drug-likeness (QED) is 0.304. The molecule has 9 heteroatoms. The fraction of sp³-hybridized carbons (Fsp3) is 0.440. The second-order valence-electron chi connectivity index (χ2n) is 8.55. The third-order valence-corrected chi connectivity index (χ3v) is 8.61. The molecule has 1 saturated heterocycles. The Morgan fingerprint density at radius 1 is 1.44 bits per heavy atom. The Labute approximate surface area is 212 Å². The summed E-state index contributed by atoms with van der Waals surface area (Å²) >= 11 is 9.82. The molecule has 182 valence electrons. The van der Waals surface area contributed by atoms with Gasteiger partial charge in [0.15, 0.2) is 0 Å². The SMILES string of the molecule is COc1ccc2ncc(Cl)c([C@@H](F)CC[C@H]3CCN(CCSc4ccsc4)C[C@H]3C(=O)O)c2c1. The van der Waals surface area contributed by atoms with E-state index in [1.165, 1.54) is 11.1 Å². The Balaban J connectivity index is 1.38. The number of rotatable bonds is 10. The number of pyridine rings is 1. The first kappa shape index (κ1) is 25.2. The Hall–Kier alpha value is -1.87. The topological polar surface area (TPSA) is 62.7 Å². The highest BCUT2D eigenvalue weighted by Gasteiger charge is 2.34. The molecule has 0 bridgehead atoms. The molecule has 3 heterocycles. The van der Waals surface area contributed by atoms with E-state index in [-0.39, 0.29) is 17.4 Å². The second-order valence-corrected chi connectivity index (χ2v) is 10.9. The minimum Gasteiger partial charge on any atom is -0.497 e. The lowest BCUT2D eigenvalue weighted by atomic mass is 9.81. The largest absolute Gasteiger partial charge is 0.497 e. The van der Waals surface area contributed by atoms with E-state index in [1.807, 2.05) is 0 Å². The number of alkyl halides is 1. The number of nitrogens with zero attached hydrogens (tertiary/aromatic N) is 2. The molecule has 2 aromatic heterocycles. The summed E-state index contributed by atoms with van der Waals surface area (Å²) in [5.41, 5.74) is 1.06. The molecule has 0 saturated carbocycles. The smallest absolute Gasteiger partial charge is 0.308 e. The van der Waals surface area contributed by atoms with Gasteiger partial charge in [-0.05, 0) is 61.4 Å². The van der Waals surface area contributed by atoms with Crippen LogP contribution < -0.4 is 4.74 Å². The van der Waals surface area contributed by atoms with Crippen LogP contribution in [0.3, 0.4) is 0 Å². The van der Waals surface area contributed by atoms with Crippen LogP contribution in [-0.2, 0) is 4.79 Å². The average Bonchev–Trinajstić information content (AvgIpc) is 3.36. The van der Waals surface area contributed by atoms with Crippen molar-refractivity contribution >= 4 is 51.6 Å². The summed E-state index contributed by atoms with van der Waals surface area (Å²) < 4.78 is 20.8. The summed E-state index contributed by atoms with van der Waals surface area (Å²) in [5.74, 6) is 0.195. The van der Waals surface area contributed by atoms with Gasteiger partial charge in [0.05, 0.1) is 23.6 Å². The number of benzene rings is 1. The van der Waals surface area contributed by atoms with Gasteiger partial charge in [-0.15, -0.1) is 11.8 Å². The Kier molecular flexibility index (Phi) is 8.69. The number of methoxy groups -OCH3 is 1. The molecule has 3 atom stereocenters. The number of carbonyl (C=O) groups is 1. The van der Waals surface area contributed by atoms with E-state index < -0.39 is 18.1 Å². The molecular weight excluding hydrogens is 495 g/mol.